The fourth-order valence-electron chi connectivity index (χ4n) is 2.48. The lowest BCUT2D eigenvalue weighted by molar-refractivity contribution is 0.0343. The molecule has 0 aliphatic carbocycles. The van der Waals surface area contributed by atoms with Gasteiger partial charge < -0.3 is 15.0 Å². The molecule has 0 spiro atoms. The smallest absolute Gasteiger partial charge is 0.0723 e. The van der Waals surface area contributed by atoms with Crippen LogP contribution in [0.25, 0.3) is 0 Å². The molecule has 1 aliphatic rings. The third kappa shape index (κ3) is 3.45. The Morgan fingerprint density at radius 2 is 2.26 bits per heavy atom. The summed E-state index contributed by atoms with van der Waals surface area (Å²) in [4.78, 5) is 6.89. The van der Waals surface area contributed by atoms with Crippen LogP contribution in [0, 0.1) is 6.92 Å². The standard InChI is InChI=1S/C15H25N3O/c1-5-16-7-14-8-17-11(2)6-15(14)18-9-13(4)19-10-12(18)3/h6,8,12-13,16H,5,7,9-10H2,1-4H3. The van der Waals surface area contributed by atoms with Gasteiger partial charge in [0.2, 0.25) is 0 Å². The number of morpholine rings is 1. The molecule has 4 heteroatoms. The van der Waals surface area contributed by atoms with Crippen molar-refractivity contribution in [1.29, 1.82) is 0 Å². The molecule has 2 atom stereocenters. The second-order valence-electron chi connectivity index (χ2n) is 5.38. The zero-order valence-corrected chi connectivity index (χ0v) is 12.4. The van der Waals surface area contributed by atoms with Gasteiger partial charge in [-0.25, -0.2) is 0 Å². The van der Waals surface area contributed by atoms with E-state index in [1.165, 1.54) is 11.3 Å². The Morgan fingerprint density at radius 3 is 3.00 bits per heavy atom. The first-order valence-corrected chi connectivity index (χ1v) is 7.16. The number of aryl methyl sites for hydroxylation is 1. The number of anilines is 1. The second kappa shape index (κ2) is 6.35. The van der Waals surface area contributed by atoms with E-state index in [9.17, 15) is 0 Å². The SMILES string of the molecule is CCNCc1cnc(C)cc1N1CC(C)OCC1C. The van der Waals surface area contributed by atoms with Crippen molar-refractivity contribution in [3.8, 4) is 0 Å². The van der Waals surface area contributed by atoms with E-state index in [1.807, 2.05) is 6.20 Å². The number of nitrogens with one attached hydrogen (secondary N) is 1. The number of pyridine rings is 1. The molecule has 0 saturated carbocycles. The minimum atomic E-state index is 0.289. The first-order valence-electron chi connectivity index (χ1n) is 7.16. The van der Waals surface area contributed by atoms with Gasteiger partial charge in [-0.2, -0.15) is 0 Å². The van der Waals surface area contributed by atoms with Crippen molar-refractivity contribution in [3.63, 3.8) is 0 Å². The lowest BCUT2D eigenvalue weighted by atomic mass is 10.1. The lowest BCUT2D eigenvalue weighted by Crippen LogP contribution is -2.48. The van der Waals surface area contributed by atoms with Crippen LogP contribution in [0.3, 0.4) is 0 Å². The molecule has 1 fully saturated rings. The predicted octanol–water partition coefficient (Wildman–Crippen LogP) is 2.11. The summed E-state index contributed by atoms with van der Waals surface area (Å²) in [5.74, 6) is 0. The van der Waals surface area contributed by atoms with E-state index in [0.717, 1.165) is 31.9 Å². The summed E-state index contributed by atoms with van der Waals surface area (Å²) in [6.07, 6.45) is 2.29. The van der Waals surface area contributed by atoms with Crippen molar-refractivity contribution < 1.29 is 4.74 Å². The van der Waals surface area contributed by atoms with Crippen molar-refractivity contribution in [2.75, 3.05) is 24.6 Å². The van der Waals surface area contributed by atoms with Crippen LogP contribution in [0.5, 0.6) is 0 Å². The molecule has 1 N–H and O–H groups in total. The average Bonchev–Trinajstić information content (AvgIpc) is 2.40. The summed E-state index contributed by atoms with van der Waals surface area (Å²) in [6, 6.07) is 2.61. The van der Waals surface area contributed by atoms with Crippen LogP contribution in [-0.4, -0.2) is 36.8 Å². The number of ether oxygens (including phenoxy) is 1. The third-order valence-corrected chi connectivity index (χ3v) is 3.58. The molecule has 2 unspecified atom stereocenters. The number of nitrogens with zero attached hydrogens (tertiary/aromatic N) is 2. The van der Waals surface area contributed by atoms with Gasteiger partial charge in [-0.3, -0.25) is 4.98 Å². The molecule has 0 radical (unpaired) electrons. The molecule has 0 aromatic carbocycles. The predicted molar refractivity (Wildman–Crippen MR) is 78.6 cm³/mol. The van der Waals surface area contributed by atoms with Gasteiger partial charge in [-0.1, -0.05) is 6.92 Å². The quantitative estimate of drug-likeness (QED) is 0.903. The Kier molecular flexibility index (Phi) is 4.77. The van der Waals surface area contributed by atoms with Crippen LogP contribution in [-0.2, 0) is 11.3 Å². The number of hydrogen-bond donors (Lipinski definition) is 1. The normalized spacial score (nSPS) is 23.7. The number of rotatable bonds is 4. The molecule has 4 nitrogen and oxygen atoms in total. The van der Waals surface area contributed by atoms with Crippen molar-refractivity contribution in [2.45, 2.75) is 46.4 Å². The summed E-state index contributed by atoms with van der Waals surface area (Å²) in [5.41, 5.74) is 3.64. The van der Waals surface area contributed by atoms with Crippen LogP contribution in [0.15, 0.2) is 12.3 Å². The lowest BCUT2D eigenvalue weighted by Gasteiger charge is -2.39. The highest BCUT2D eigenvalue weighted by molar-refractivity contribution is 5.55. The Morgan fingerprint density at radius 1 is 1.47 bits per heavy atom. The van der Waals surface area contributed by atoms with E-state index in [1.54, 1.807) is 0 Å². The molecular formula is C15H25N3O. The molecule has 1 aromatic rings. The Labute approximate surface area is 116 Å². The Hall–Kier alpha value is -1.13. The van der Waals surface area contributed by atoms with Gasteiger partial charge in [0.1, 0.15) is 0 Å². The maximum Gasteiger partial charge on any atom is 0.0723 e. The highest BCUT2D eigenvalue weighted by atomic mass is 16.5. The maximum absolute atomic E-state index is 5.72. The fourth-order valence-corrected chi connectivity index (χ4v) is 2.48. The average molecular weight is 263 g/mol. The second-order valence-corrected chi connectivity index (χ2v) is 5.38. The summed E-state index contributed by atoms with van der Waals surface area (Å²) in [7, 11) is 0. The molecule has 1 aliphatic heterocycles. The summed E-state index contributed by atoms with van der Waals surface area (Å²) in [5, 5.41) is 3.39. The molecule has 2 rings (SSSR count). The molecule has 106 valence electrons. The fraction of sp³-hybridized carbons (Fsp3) is 0.667. The van der Waals surface area contributed by atoms with Gasteiger partial charge in [-0.05, 0) is 33.4 Å². The molecule has 0 amide bonds. The molecule has 19 heavy (non-hydrogen) atoms. The first kappa shape index (κ1) is 14.3. The Balaban J connectivity index is 2.27. The largest absolute Gasteiger partial charge is 0.375 e. The van der Waals surface area contributed by atoms with Gasteiger partial charge in [0, 0.05) is 42.3 Å². The van der Waals surface area contributed by atoms with E-state index < -0.39 is 0 Å². The van der Waals surface area contributed by atoms with Crippen LogP contribution in [0.1, 0.15) is 32.0 Å². The van der Waals surface area contributed by atoms with E-state index in [0.29, 0.717) is 6.04 Å². The first-order chi connectivity index (χ1) is 9.11. The molecular weight excluding hydrogens is 238 g/mol. The van der Waals surface area contributed by atoms with Crippen molar-refractivity contribution >= 4 is 5.69 Å². The zero-order valence-electron chi connectivity index (χ0n) is 12.4. The van der Waals surface area contributed by atoms with E-state index in [4.69, 9.17) is 4.74 Å². The monoisotopic (exact) mass is 263 g/mol. The molecule has 2 heterocycles. The molecule has 1 saturated heterocycles. The highest BCUT2D eigenvalue weighted by Gasteiger charge is 2.25. The summed E-state index contributed by atoms with van der Waals surface area (Å²) < 4.78 is 5.72. The molecule has 1 aromatic heterocycles. The van der Waals surface area contributed by atoms with Crippen molar-refractivity contribution in [1.82, 2.24) is 10.3 Å². The van der Waals surface area contributed by atoms with E-state index in [2.05, 4.69) is 49.0 Å². The van der Waals surface area contributed by atoms with Crippen LogP contribution < -0.4 is 10.2 Å². The topological polar surface area (TPSA) is 37.4 Å². The Bertz CT molecular complexity index is 422. The minimum absolute atomic E-state index is 0.289. The van der Waals surface area contributed by atoms with Crippen LogP contribution in [0.2, 0.25) is 0 Å². The number of aromatic nitrogens is 1. The van der Waals surface area contributed by atoms with Gasteiger partial charge >= 0.3 is 0 Å². The maximum atomic E-state index is 5.72. The zero-order chi connectivity index (χ0) is 13.8. The van der Waals surface area contributed by atoms with E-state index >= 15 is 0 Å². The van der Waals surface area contributed by atoms with Crippen molar-refractivity contribution in [3.05, 3.63) is 23.5 Å². The summed E-state index contributed by atoms with van der Waals surface area (Å²) >= 11 is 0. The third-order valence-electron chi connectivity index (χ3n) is 3.58. The van der Waals surface area contributed by atoms with Crippen LogP contribution >= 0.6 is 0 Å². The van der Waals surface area contributed by atoms with Crippen molar-refractivity contribution in [2.24, 2.45) is 0 Å². The minimum Gasteiger partial charge on any atom is -0.375 e. The number of hydrogen-bond acceptors (Lipinski definition) is 4. The van der Waals surface area contributed by atoms with Crippen LogP contribution in [0.4, 0.5) is 5.69 Å². The van der Waals surface area contributed by atoms with Gasteiger partial charge in [0.15, 0.2) is 0 Å². The van der Waals surface area contributed by atoms with E-state index in [-0.39, 0.29) is 6.10 Å². The summed E-state index contributed by atoms with van der Waals surface area (Å²) in [6.45, 7) is 12.1. The molecule has 0 bridgehead atoms. The van der Waals surface area contributed by atoms with Gasteiger partial charge in [0.25, 0.3) is 0 Å². The van der Waals surface area contributed by atoms with Gasteiger partial charge in [0.05, 0.1) is 12.7 Å². The van der Waals surface area contributed by atoms with Gasteiger partial charge in [-0.15, -0.1) is 0 Å². The highest BCUT2D eigenvalue weighted by Crippen LogP contribution is 2.26.